The van der Waals surface area contributed by atoms with E-state index in [2.05, 4.69) is 5.27 Å². The average molecular weight is 361 g/mol. The molecule has 118 valence electrons. The van der Waals surface area contributed by atoms with E-state index in [1.807, 2.05) is 0 Å². The number of sulfone groups is 1. The van der Waals surface area contributed by atoms with Gasteiger partial charge in [-0.2, -0.15) is 0 Å². The zero-order valence-electron chi connectivity index (χ0n) is 11.3. The molecule has 3 rings (SSSR count). The molecule has 0 amide bonds. The third kappa shape index (κ3) is 3.01. The van der Waals surface area contributed by atoms with Crippen molar-refractivity contribution in [2.24, 2.45) is 0 Å². The number of rotatable bonds is 3. The second-order valence-electron chi connectivity index (χ2n) is 4.70. The first-order valence-corrected chi connectivity index (χ1v) is 9.41. The van der Waals surface area contributed by atoms with E-state index < -0.39 is 14.4 Å². The van der Waals surface area contributed by atoms with Crippen LogP contribution in [0.4, 0.5) is 0 Å². The van der Waals surface area contributed by atoms with E-state index in [4.69, 9.17) is 21.5 Å². The highest BCUT2D eigenvalue weighted by molar-refractivity contribution is 8.13. The zero-order valence-corrected chi connectivity index (χ0v) is 13.7. The van der Waals surface area contributed by atoms with Crippen LogP contribution in [0, 0.1) is 5.41 Å². The normalized spacial score (nSPS) is 19.3. The van der Waals surface area contributed by atoms with Gasteiger partial charge in [0, 0.05) is 18.1 Å². The van der Waals surface area contributed by atoms with Gasteiger partial charge in [-0.05, 0) is 35.3 Å². The molecule has 1 aliphatic heterocycles. The molecule has 10 heteroatoms. The highest BCUT2D eigenvalue weighted by Gasteiger charge is 2.32. The second-order valence-corrected chi connectivity index (χ2v) is 8.87. The molecule has 1 aliphatic rings. The maximum atomic E-state index is 12.7. The lowest BCUT2D eigenvalue weighted by Gasteiger charge is -2.32. The van der Waals surface area contributed by atoms with Crippen LogP contribution in [0.3, 0.4) is 0 Å². The number of thioether (sulfide) groups is 1. The molecule has 1 fully saturated rings. The molecule has 0 radical (unpaired) electrons. The van der Waals surface area contributed by atoms with Crippen LogP contribution >= 0.6 is 23.4 Å². The summed E-state index contributed by atoms with van der Waals surface area (Å²) in [7, 11) is -3.47. The Hall–Kier alpha value is -1.45. The number of hydrogen-bond donors (Lipinski definition) is 1. The smallest absolute Gasteiger partial charge is 0.286 e. The monoisotopic (exact) mass is 360 g/mol. The molecule has 1 aromatic heterocycles. The number of aromatic nitrogens is 2. The lowest BCUT2D eigenvalue weighted by Crippen LogP contribution is -2.65. The summed E-state index contributed by atoms with van der Waals surface area (Å²) in [5.41, 5.74) is -0.0738. The third-order valence-electron chi connectivity index (χ3n) is 3.25. The minimum absolute atomic E-state index is 0.0738. The van der Waals surface area contributed by atoms with Crippen molar-refractivity contribution in [2.75, 3.05) is 23.9 Å². The maximum Gasteiger partial charge on any atom is 0.286 e. The lowest BCUT2D eigenvalue weighted by atomic mass is 10.4. The van der Waals surface area contributed by atoms with Crippen LogP contribution in [0.2, 0.25) is 5.02 Å². The topological polar surface area (TPSA) is 92.4 Å². The first-order chi connectivity index (χ1) is 10.5. The first kappa shape index (κ1) is 15.4. The van der Waals surface area contributed by atoms with Crippen LogP contribution in [0.5, 0.6) is 0 Å². The van der Waals surface area contributed by atoms with Crippen molar-refractivity contribution < 1.29 is 17.7 Å². The Labute approximate surface area is 136 Å². The van der Waals surface area contributed by atoms with Crippen molar-refractivity contribution in [3.8, 4) is 0 Å². The molecule has 0 spiro atoms. The molecule has 1 saturated heterocycles. The Kier molecular flexibility index (Phi) is 4.20. The molecule has 1 atom stereocenters. The Bertz CT molecular complexity index is 815. The van der Waals surface area contributed by atoms with E-state index in [9.17, 15) is 8.42 Å². The quantitative estimate of drug-likeness (QED) is 0.783. The Morgan fingerprint density at radius 2 is 2.14 bits per heavy atom. The van der Waals surface area contributed by atoms with Crippen molar-refractivity contribution in [3.63, 3.8) is 0 Å². The molecule has 7 nitrogen and oxygen atoms in total. The molecular weight excluding hydrogens is 348 g/mol. The van der Waals surface area contributed by atoms with Crippen LogP contribution in [0.25, 0.3) is 0 Å². The summed E-state index contributed by atoms with van der Waals surface area (Å²) in [5.74, 6) is 0.644. The zero-order chi connectivity index (χ0) is 15.7. The van der Waals surface area contributed by atoms with Gasteiger partial charge >= 0.3 is 0 Å². The molecule has 22 heavy (non-hydrogen) atoms. The minimum Gasteiger partial charge on any atom is -0.380 e. The number of hydrogen-bond acceptors (Lipinski definition) is 6. The molecular formula is C12H13ClN4O3S2. The molecule has 1 N–H and O–H groups in total. The third-order valence-corrected chi connectivity index (χ3v) is 7.38. The van der Waals surface area contributed by atoms with Crippen molar-refractivity contribution in [1.82, 2.24) is 5.27 Å². The fourth-order valence-corrected chi connectivity index (χ4v) is 5.64. The van der Waals surface area contributed by atoms with Gasteiger partial charge in [-0.15, -0.1) is 11.8 Å². The van der Waals surface area contributed by atoms with Crippen LogP contribution in [0.15, 0.2) is 39.9 Å². The van der Waals surface area contributed by atoms with E-state index in [0.29, 0.717) is 17.3 Å². The molecule has 0 bridgehead atoms. The van der Waals surface area contributed by atoms with Gasteiger partial charge in [-0.3, -0.25) is 10.4 Å². The largest absolute Gasteiger partial charge is 0.380 e. The number of nitrogens with one attached hydrogen (secondary N) is 1. The van der Waals surface area contributed by atoms with Gasteiger partial charge in [0.2, 0.25) is 0 Å². The predicted molar refractivity (Wildman–Crippen MR) is 80.9 cm³/mol. The minimum atomic E-state index is -3.47. The van der Waals surface area contributed by atoms with Gasteiger partial charge in [0.1, 0.15) is 4.58 Å². The van der Waals surface area contributed by atoms with Gasteiger partial charge in [-0.25, -0.2) is 8.42 Å². The van der Waals surface area contributed by atoms with Crippen LogP contribution in [-0.2, 0) is 9.84 Å². The molecule has 1 unspecified atom stereocenters. The van der Waals surface area contributed by atoms with Crippen LogP contribution in [0.1, 0.15) is 0 Å². The molecule has 1 aromatic carbocycles. The summed E-state index contributed by atoms with van der Waals surface area (Å²) in [4.78, 5) is 1.63. The summed E-state index contributed by atoms with van der Waals surface area (Å²) >= 11 is 7.20. The van der Waals surface area contributed by atoms with Gasteiger partial charge in [0.25, 0.3) is 11.8 Å². The highest BCUT2D eigenvalue weighted by Crippen LogP contribution is 2.28. The van der Waals surface area contributed by atoms with E-state index in [1.165, 1.54) is 34.9 Å². The molecule has 0 saturated carbocycles. The average Bonchev–Trinajstić information content (AvgIpc) is 2.94. The number of benzene rings is 1. The Morgan fingerprint density at radius 3 is 2.77 bits per heavy atom. The fraction of sp³-hybridized carbons (Fsp3) is 0.333. The van der Waals surface area contributed by atoms with Crippen molar-refractivity contribution in [3.05, 3.63) is 41.0 Å². The number of halogens is 1. The van der Waals surface area contributed by atoms with Gasteiger partial charge < -0.3 is 4.52 Å². The highest BCUT2D eigenvalue weighted by atomic mass is 35.5. The van der Waals surface area contributed by atoms with Gasteiger partial charge in [0.15, 0.2) is 9.84 Å². The predicted octanol–water partition coefficient (Wildman–Crippen LogP) is 0.142. The van der Waals surface area contributed by atoms with Crippen molar-refractivity contribution in [2.45, 2.75) is 9.48 Å². The Morgan fingerprint density at radius 1 is 1.41 bits per heavy atom. The molecule has 2 heterocycles. The van der Waals surface area contributed by atoms with E-state index in [0.717, 1.165) is 0 Å². The van der Waals surface area contributed by atoms with Gasteiger partial charge in [-0.1, -0.05) is 16.4 Å². The SMILES string of the molecule is N=c1c[n+](N2CCSC(S(=O)(=O)c3ccc(Cl)cc3)C2)[n-]o1. The van der Waals surface area contributed by atoms with E-state index >= 15 is 0 Å². The summed E-state index contributed by atoms with van der Waals surface area (Å²) < 4.78 is 29.5. The Balaban J connectivity index is 1.84. The van der Waals surface area contributed by atoms with Crippen molar-refractivity contribution in [1.29, 1.82) is 5.41 Å². The lowest BCUT2D eigenvalue weighted by molar-refractivity contribution is -0.763. The molecule has 2 aromatic rings. The van der Waals surface area contributed by atoms with E-state index in [1.54, 1.807) is 17.1 Å². The standard InChI is InChI=1S/C12H13ClN4O3S2/c13-9-1-3-10(4-2-9)22(18,19)12-8-16(5-6-21-12)17-7-11(14)20-15-17/h1-4,7,12,14H,5-6,8H2. The first-order valence-electron chi connectivity index (χ1n) is 6.43. The van der Waals surface area contributed by atoms with Crippen molar-refractivity contribution >= 4 is 33.2 Å². The summed E-state index contributed by atoms with van der Waals surface area (Å²) in [6, 6.07) is 6.17. The second kappa shape index (κ2) is 5.98. The van der Waals surface area contributed by atoms with Gasteiger partial charge in [0.05, 0.1) is 4.90 Å². The summed E-state index contributed by atoms with van der Waals surface area (Å²) in [6.07, 6.45) is 1.40. The maximum absolute atomic E-state index is 12.7. The van der Waals surface area contributed by atoms with E-state index in [-0.39, 0.29) is 17.0 Å². The molecule has 0 aliphatic carbocycles. The number of nitrogens with zero attached hydrogens (tertiary/aromatic N) is 3. The fourth-order valence-electron chi connectivity index (χ4n) is 2.13. The summed E-state index contributed by atoms with van der Waals surface area (Å²) in [6.45, 7) is 0.903. The van der Waals surface area contributed by atoms with Crippen LogP contribution in [-0.4, -0.2) is 31.8 Å². The summed E-state index contributed by atoms with van der Waals surface area (Å²) in [5, 5.41) is 13.3. The van der Waals surface area contributed by atoms with Crippen LogP contribution < -0.4 is 20.6 Å².